The van der Waals surface area contributed by atoms with Gasteiger partial charge in [-0.3, -0.25) is 0 Å². The Hall–Kier alpha value is -1.24. The van der Waals surface area contributed by atoms with Crippen molar-refractivity contribution in [2.75, 3.05) is 0 Å². The molecule has 1 aromatic heterocycles. The van der Waals surface area contributed by atoms with E-state index in [0.717, 1.165) is 16.9 Å². The summed E-state index contributed by atoms with van der Waals surface area (Å²) in [7, 11) is -3.49. The average Bonchev–Trinajstić information content (AvgIpc) is 2.87. The lowest BCUT2D eigenvalue weighted by molar-refractivity contribution is 0.586. The van der Waals surface area contributed by atoms with Gasteiger partial charge in [-0.1, -0.05) is 32.9 Å². The molecule has 0 radical (unpaired) electrons. The number of nitrogens with two attached hydrogens (primary N) is 1. The summed E-state index contributed by atoms with van der Waals surface area (Å²) in [5.74, 6) is 0. The van der Waals surface area contributed by atoms with Crippen LogP contribution in [0.2, 0.25) is 0 Å². The largest absolute Gasteiger partial charge is 0.325 e. The SMILES string of the molecule is CC(C)(C)c1ccc(S(=O)(=O)c2cnc(CN)s2)cc1. The van der Waals surface area contributed by atoms with Gasteiger partial charge >= 0.3 is 0 Å². The molecule has 2 rings (SSSR count). The molecule has 20 heavy (non-hydrogen) atoms. The Morgan fingerprint density at radius 2 is 1.80 bits per heavy atom. The van der Waals surface area contributed by atoms with Crippen LogP contribution in [0.5, 0.6) is 0 Å². The fraction of sp³-hybridized carbons (Fsp3) is 0.357. The topological polar surface area (TPSA) is 73.0 Å². The molecule has 0 fully saturated rings. The van der Waals surface area contributed by atoms with Crippen LogP contribution >= 0.6 is 11.3 Å². The van der Waals surface area contributed by atoms with Crippen LogP contribution < -0.4 is 5.73 Å². The highest BCUT2D eigenvalue weighted by Gasteiger charge is 2.22. The summed E-state index contributed by atoms with van der Waals surface area (Å²) in [6.45, 7) is 6.52. The molecule has 0 aliphatic heterocycles. The lowest BCUT2D eigenvalue weighted by atomic mass is 9.87. The van der Waals surface area contributed by atoms with E-state index >= 15 is 0 Å². The van der Waals surface area contributed by atoms with Gasteiger partial charge < -0.3 is 5.73 Å². The number of hydrogen-bond acceptors (Lipinski definition) is 5. The summed E-state index contributed by atoms with van der Waals surface area (Å²) in [4.78, 5) is 4.29. The number of benzene rings is 1. The zero-order chi connectivity index (χ0) is 15.0. The molecule has 0 saturated heterocycles. The van der Waals surface area contributed by atoms with Crippen LogP contribution in [0.1, 0.15) is 31.3 Å². The zero-order valence-electron chi connectivity index (χ0n) is 11.8. The molecule has 2 aromatic rings. The highest BCUT2D eigenvalue weighted by Crippen LogP contribution is 2.28. The molecule has 1 heterocycles. The Bertz CT molecular complexity index is 696. The average molecular weight is 310 g/mol. The second kappa shape index (κ2) is 5.27. The Kier molecular flexibility index (Phi) is 4.00. The summed E-state index contributed by atoms with van der Waals surface area (Å²) in [6.07, 6.45) is 1.37. The van der Waals surface area contributed by atoms with Crippen LogP contribution in [0.25, 0.3) is 0 Å². The normalized spacial score (nSPS) is 12.6. The van der Waals surface area contributed by atoms with Crippen molar-refractivity contribution in [1.82, 2.24) is 4.98 Å². The third kappa shape index (κ3) is 2.92. The Morgan fingerprint density at radius 3 is 2.25 bits per heavy atom. The Labute approximate surface area is 123 Å². The van der Waals surface area contributed by atoms with Crippen LogP contribution in [-0.2, 0) is 21.8 Å². The molecule has 0 bridgehead atoms. The quantitative estimate of drug-likeness (QED) is 0.946. The molecule has 0 aliphatic carbocycles. The first-order chi connectivity index (χ1) is 9.25. The minimum absolute atomic E-state index is 0.000498. The molecule has 4 nitrogen and oxygen atoms in total. The highest BCUT2D eigenvalue weighted by molar-refractivity contribution is 7.93. The number of aromatic nitrogens is 1. The number of hydrogen-bond donors (Lipinski definition) is 1. The Morgan fingerprint density at radius 1 is 1.20 bits per heavy atom. The van der Waals surface area contributed by atoms with Gasteiger partial charge in [-0.15, -0.1) is 11.3 Å². The molecular formula is C14H18N2O2S2. The first-order valence-electron chi connectivity index (χ1n) is 6.25. The molecular weight excluding hydrogens is 292 g/mol. The van der Waals surface area contributed by atoms with Crippen molar-refractivity contribution in [2.24, 2.45) is 5.73 Å². The Balaban J connectivity index is 2.40. The molecule has 0 saturated carbocycles. The first kappa shape index (κ1) is 15.2. The predicted molar refractivity (Wildman–Crippen MR) is 80.6 cm³/mol. The number of thiazole rings is 1. The van der Waals surface area contributed by atoms with E-state index in [1.807, 2.05) is 12.1 Å². The van der Waals surface area contributed by atoms with Gasteiger partial charge in [-0.2, -0.15) is 0 Å². The van der Waals surface area contributed by atoms with Crippen LogP contribution in [0.3, 0.4) is 0 Å². The fourth-order valence-electron chi connectivity index (χ4n) is 1.76. The number of rotatable bonds is 3. The smallest absolute Gasteiger partial charge is 0.217 e. The van der Waals surface area contributed by atoms with E-state index in [-0.39, 0.29) is 21.1 Å². The molecule has 2 N–H and O–H groups in total. The van der Waals surface area contributed by atoms with Gasteiger partial charge in [0.1, 0.15) is 9.22 Å². The van der Waals surface area contributed by atoms with Crippen molar-refractivity contribution < 1.29 is 8.42 Å². The molecule has 0 aliphatic rings. The third-order valence-electron chi connectivity index (χ3n) is 3.00. The third-order valence-corrected chi connectivity index (χ3v) is 6.25. The lowest BCUT2D eigenvalue weighted by Gasteiger charge is -2.19. The summed E-state index contributed by atoms with van der Waals surface area (Å²) in [6, 6.07) is 7.02. The van der Waals surface area contributed by atoms with E-state index in [2.05, 4.69) is 25.8 Å². The van der Waals surface area contributed by atoms with E-state index in [4.69, 9.17) is 5.73 Å². The van der Waals surface area contributed by atoms with Crippen molar-refractivity contribution in [3.05, 3.63) is 41.0 Å². The van der Waals surface area contributed by atoms with Crippen LogP contribution in [0.4, 0.5) is 0 Å². The van der Waals surface area contributed by atoms with E-state index in [0.29, 0.717) is 5.01 Å². The summed E-state index contributed by atoms with van der Waals surface area (Å²) < 4.78 is 25.1. The summed E-state index contributed by atoms with van der Waals surface area (Å²) >= 11 is 1.12. The number of sulfone groups is 1. The van der Waals surface area contributed by atoms with E-state index < -0.39 is 9.84 Å². The standard InChI is InChI=1S/C14H18N2O2S2/c1-14(2,3)10-4-6-11(7-5-10)20(17,18)13-9-16-12(8-15)19-13/h4-7,9H,8,15H2,1-3H3. The maximum absolute atomic E-state index is 12.5. The van der Waals surface area contributed by atoms with Crippen LogP contribution in [-0.4, -0.2) is 13.4 Å². The van der Waals surface area contributed by atoms with Crippen molar-refractivity contribution in [2.45, 2.75) is 41.8 Å². The van der Waals surface area contributed by atoms with Gasteiger partial charge in [0.2, 0.25) is 9.84 Å². The monoisotopic (exact) mass is 310 g/mol. The summed E-state index contributed by atoms with van der Waals surface area (Å²) in [5.41, 5.74) is 6.57. The molecule has 108 valence electrons. The van der Waals surface area contributed by atoms with Gasteiger partial charge in [-0.05, 0) is 23.1 Å². The van der Waals surface area contributed by atoms with Gasteiger partial charge in [0.25, 0.3) is 0 Å². The van der Waals surface area contributed by atoms with Crippen molar-refractivity contribution in [1.29, 1.82) is 0 Å². The van der Waals surface area contributed by atoms with Gasteiger partial charge in [-0.25, -0.2) is 13.4 Å². The van der Waals surface area contributed by atoms with Gasteiger partial charge in [0.15, 0.2) is 0 Å². The zero-order valence-corrected chi connectivity index (χ0v) is 13.4. The minimum Gasteiger partial charge on any atom is -0.325 e. The van der Waals surface area contributed by atoms with Crippen molar-refractivity contribution >= 4 is 21.2 Å². The molecule has 0 atom stereocenters. The van der Waals surface area contributed by atoms with Crippen molar-refractivity contribution in [3.8, 4) is 0 Å². The molecule has 6 heteroatoms. The predicted octanol–water partition coefficient (Wildman–Crippen LogP) is 2.73. The minimum atomic E-state index is -3.49. The second-order valence-electron chi connectivity index (χ2n) is 5.55. The van der Waals surface area contributed by atoms with Gasteiger partial charge in [0, 0.05) is 6.54 Å². The second-order valence-corrected chi connectivity index (χ2v) is 8.85. The lowest BCUT2D eigenvalue weighted by Crippen LogP contribution is -2.11. The van der Waals surface area contributed by atoms with Crippen LogP contribution in [0.15, 0.2) is 39.6 Å². The molecule has 0 amide bonds. The van der Waals surface area contributed by atoms with Crippen molar-refractivity contribution in [3.63, 3.8) is 0 Å². The summed E-state index contributed by atoms with van der Waals surface area (Å²) in [5, 5.41) is 0.620. The van der Waals surface area contributed by atoms with E-state index in [1.165, 1.54) is 6.20 Å². The van der Waals surface area contributed by atoms with Crippen LogP contribution in [0, 0.1) is 0 Å². The molecule has 0 spiro atoms. The van der Waals surface area contributed by atoms with E-state index in [1.54, 1.807) is 12.1 Å². The highest BCUT2D eigenvalue weighted by atomic mass is 32.2. The fourth-order valence-corrected chi connectivity index (χ4v) is 4.22. The molecule has 0 unspecified atom stereocenters. The maximum atomic E-state index is 12.5. The first-order valence-corrected chi connectivity index (χ1v) is 8.55. The maximum Gasteiger partial charge on any atom is 0.217 e. The number of nitrogens with zero attached hydrogens (tertiary/aromatic N) is 1. The van der Waals surface area contributed by atoms with Gasteiger partial charge in [0.05, 0.1) is 11.1 Å². The molecule has 1 aromatic carbocycles. The van der Waals surface area contributed by atoms with E-state index in [9.17, 15) is 8.42 Å².